The second kappa shape index (κ2) is 4.54. The Bertz CT molecular complexity index is 125. The van der Waals surface area contributed by atoms with Crippen LogP contribution >= 0.6 is 12.2 Å². The van der Waals surface area contributed by atoms with Gasteiger partial charge in [0.1, 0.15) is 0 Å². The van der Waals surface area contributed by atoms with Gasteiger partial charge in [0.05, 0.1) is 5.70 Å². The maximum absolute atomic E-state index is 4.69. The van der Waals surface area contributed by atoms with Gasteiger partial charge in [-0.1, -0.05) is 6.92 Å². The van der Waals surface area contributed by atoms with Crippen LogP contribution in [0.3, 0.4) is 0 Å². The molecule has 2 heteroatoms. The number of hydrogen-bond acceptors (Lipinski definition) is 2. The highest BCUT2D eigenvalue weighted by Crippen LogP contribution is 1.99. The van der Waals surface area contributed by atoms with E-state index in [1.54, 1.807) is 0 Å². The maximum atomic E-state index is 4.69. The Morgan fingerprint density at radius 3 is 2.22 bits per heavy atom. The third-order valence-corrected chi connectivity index (χ3v) is 1.62. The quantitative estimate of drug-likeness (QED) is 0.554. The second-order valence-corrected chi connectivity index (χ2v) is 2.12. The summed E-state index contributed by atoms with van der Waals surface area (Å²) in [6, 6.07) is 0. The maximum Gasteiger partial charge on any atom is 0.0674 e. The third kappa shape index (κ3) is 2.64. The Kier molecular flexibility index (Phi) is 4.37. The summed E-state index contributed by atoms with van der Waals surface area (Å²) in [6.45, 7) is 5.19. The molecule has 0 amide bonds. The highest BCUT2D eigenvalue weighted by molar-refractivity contribution is 7.78. The number of thiocarbonyl (C=S) groups is 1. The number of rotatable bonds is 3. The van der Waals surface area contributed by atoms with E-state index in [4.69, 9.17) is 0 Å². The van der Waals surface area contributed by atoms with Crippen molar-refractivity contribution in [1.82, 2.24) is 4.90 Å². The van der Waals surface area contributed by atoms with E-state index in [-0.39, 0.29) is 0 Å². The van der Waals surface area contributed by atoms with Gasteiger partial charge in [-0.2, -0.15) is 0 Å². The molecule has 0 rings (SSSR count). The van der Waals surface area contributed by atoms with E-state index >= 15 is 0 Å². The molecule has 0 aromatic heterocycles. The average Bonchev–Trinajstić information content (AvgIpc) is 1.90. The van der Waals surface area contributed by atoms with Crippen molar-refractivity contribution in [2.45, 2.75) is 20.3 Å². The van der Waals surface area contributed by atoms with E-state index in [9.17, 15) is 0 Å². The van der Waals surface area contributed by atoms with Crippen LogP contribution in [0.4, 0.5) is 0 Å². The Balaban J connectivity index is 3.96. The fraction of sp³-hybridized carbons (Fsp3) is 0.714. The molecule has 0 aromatic rings. The molecule has 52 valence electrons. The minimum atomic E-state index is 0.980. The van der Waals surface area contributed by atoms with Gasteiger partial charge in [0.15, 0.2) is 0 Å². The van der Waals surface area contributed by atoms with Gasteiger partial charge in [0, 0.05) is 13.6 Å². The van der Waals surface area contributed by atoms with Gasteiger partial charge < -0.3 is 4.90 Å². The van der Waals surface area contributed by atoms with E-state index < -0.39 is 0 Å². The molecule has 0 saturated carbocycles. The fourth-order valence-corrected chi connectivity index (χ4v) is 0.911. The first-order valence-corrected chi connectivity index (χ1v) is 3.62. The minimum absolute atomic E-state index is 0.980. The summed E-state index contributed by atoms with van der Waals surface area (Å²) in [5.41, 5.74) is 1.12. The highest BCUT2D eigenvalue weighted by Gasteiger charge is 1.95. The predicted octanol–water partition coefficient (Wildman–Crippen LogP) is 1.83. The van der Waals surface area contributed by atoms with Crippen LogP contribution in [0.25, 0.3) is 0 Å². The summed E-state index contributed by atoms with van der Waals surface area (Å²) in [5.74, 6) is 0. The summed E-state index contributed by atoms with van der Waals surface area (Å²) in [5, 5.41) is 2.73. The number of allylic oxidation sites excluding steroid dienone is 1. The molecule has 0 bridgehead atoms. The monoisotopic (exact) mass is 143 g/mol. The van der Waals surface area contributed by atoms with Gasteiger partial charge in [-0.15, -0.1) is 0 Å². The van der Waals surface area contributed by atoms with E-state index in [1.807, 2.05) is 7.05 Å². The summed E-state index contributed by atoms with van der Waals surface area (Å²) >= 11 is 4.69. The van der Waals surface area contributed by atoms with Crippen LogP contribution < -0.4 is 0 Å². The first kappa shape index (κ1) is 8.67. The van der Waals surface area contributed by atoms with Crippen LogP contribution in [0.1, 0.15) is 20.3 Å². The second-order valence-electron chi connectivity index (χ2n) is 1.92. The molecule has 0 heterocycles. The molecule has 0 aliphatic heterocycles. The summed E-state index contributed by atoms with van der Waals surface area (Å²) in [4.78, 5) is 2.10. The molecular formula is C7H13NS. The molecule has 0 unspecified atom stereocenters. The third-order valence-electron chi connectivity index (χ3n) is 1.39. The first-order chi connectivity index (χ1) is 4.26. The van der Waals surface area contributed by atoms with Crippen LogP contribution in [0.5, 0.6) is 0 Å². The van der Waals surface area contributed by atoms with Gasteiger partial charge in [0.25, 0.3) is 0 Å². The molecule has 0 aromatic carbocycles. The zero-order valence-electron chi connectivity index (χ0n) is 6.27. The van der Waals surface area contributed by atoms with E-state index in [0.29, 0.717) is 0 Å². The van der Waals surface area contributed by atoms with Crippen molar-refractivity contribution < 1.29 is 0 Å². The van der Waals surface area contributed by atoms with Crippen molar-refractivity contribution in [3.63, 3.8) is 0 Å². The summed E-state index contributed by atoms with van der Waals surface area (Å²) in [6.07, 6.45) is 0.980. The summed E-state index contributed by atoms with van der Waals surface area (Å²) < 4.78 is 0. The largest absolute Gasteiger partial charge is 0.371 e. The van der Waals surface area contributed by atoms with E-state index in [0.717, 1.165) is 18.7 Å². The molecule has 1 nitrogen and oxygen atoms in total. The standard InChI is InChI=1S/C7H13NS/c1-4-7(6-9)8(3)5-2/h4-5H2,1-3H3. The molecule has 0 fully saturated rings. The first-order valence-electron chi connectivity index (χ1n) is 3.21. The van der Waals surface area contributed by atoms with Crippen molar-refractivity contribution >= 4 is 17.2 Å². The van der Waals surface area contributed by atoms with Gasteiger partial charge in [-0.05, 0) is 30.6 Å². The average molecular weight is 143 g/mol. The molecule has 0 spiro atoms. The molecule has 0 saturated heterocycles. The number of hydrogen-bond donors (Lipinski definition) is 0. The topological polar surface area (TPSA) is 3.24 Å². The molecule has 0 aliphatic rings. The van der Waals surface area contributed by atoms with Crippen LogP contribution in [-0.2, 0) is 0 Å². The fourth-order valence-electron chi connectivity index (χ4n) is 0.611. The SMILES string of the molecule is CCC(=C=S)N(C)CC. The lowest BCUT2D eigenvalue weighted by atomic mass is 10.3. The Morgan fingerprint density at radius 2 is 2.11 bits per heavy atom. The lowest BCUT2D eigenvalue weighted by molar-refractivity contribution is 0.436. The van der Waals surface area contributed by atoms with Gasteiger partial charge in [-0.25, -0.2) is 0 Å². The van der Waals surface area contributed by atoms with Gasteiger partial charge in [-0.3, -0.25) is 0 Å². The van der Waals surface area contributed by atoms with Crippen molar-refractivity contribution in [3.8, 4) is 0 Å². The van der Waals surface area contributed by atoms with Gasteiger partial charge >= 0.3 is 0 Å². The molecule has 0 N–H and O–H groups in total. The Labute approximate surface area is 62.4 Å². The molecule has 9 heavy (non-hydrogen) atoms. The van der Waals surface area contributed by atoms with Crippen molar-refractivity contribution in [1.29, 1.82) is 0 Å². The Hall–Kier alpha value is -0.330. The number of nitrogens with zero attached hydrogens (tertiary/aromatic N) is 1. The normalized spacial score (nSPS) is 8.33. The molecule has 0 atom stereocenters. The zero-order chi connectivity index (χ0) is 7.28. The van der Waals surface area contributed by atoms with Crippen LogP contribution in [0, 0.1) is 0 Å². The van der Waals surface area contributed by atoms with Crippen molar-refractivity contribution in [2.24, 2.45) is 0 Å². The Morgan fingerprint density at radius 1 is 1.56 bits per heavy atom. The summed E-state index contributed by atoms with van der Waals surface area (Å²) in [7, 11) is 2.03. The van der Waals surface area contributed by atoms with Crippen molar-refractivity contribution in [2.75, 3.05) is 13.6 Å². The van der Waals surface area contributed by atoms with Crippen molar-refractivity contribution in [3.05, 3.63) is 5.70 Å². The van der Waals surface area contributed by atoms with Crippen LogP contribution in [0.2, 0.25) is 0 Å². The minimum Gasteiger partial charge on any atom is -0.371 e. The molecule has 0 aliphatic carbocycles. The van der Waals surface area contributed by atoms with E-state index in [2.05, 4.69) is 36.0 Å². The van der Waals surface area contributed by atoms with Gasteiger partial charge in [0.2, 0.25) is 0 Å². The predicted molar refractivity (Wildman–Crippen MR) is 44.7 cm³/mol. The van der Waals surface area contributed by atoms with Crippen LogP contribution in [0.15, 0.2) is 5.70 Å². The zero-order valence-corrected chi connectivity index (χ0v) is 7.09. The van der Waals surface area contributed by atoms with Crippen LogP contribution in [-0.4, -0.2) is 23.5 Å². The lowest BCUT2D eigenvalue weighted by Crippen LogP contribution is -2.16. The smallest absolute Gasteiger partial charge is 0.0674 e. The molecular weight excluding hydrogens is 130 g/mol. The van der Waals surface area contributed by atoms with E-state index in [1.165, 1.54) is 0 Å². The highest BCUT2D eigenvalue weighted by atomic mass is 32.1. The lowest BCUT2D eigenvalue weighted by Gasteiger charge is -2.16. The molecule has 0 radical (unpaired) electrons.